The van der Waals surface area contributed by atoms with E-state index < -0.39 is 5.54 Å². The molecule has 0 bridgehead atoms. The van der Waals surface area contributed by atoms with Crippen molar-refractivity contribution in [2.24, 2.45) is 0 Å². The zero-order valence-corrected chi connectivity index (χ0v) is 20.6. The first kappa shape index (κ1) is 22.9. The lowest BCUT2D eigenvalue weighted by Crippen LogP contribution is -2.64. The molecule has 8 heteroatoms. The van der Waals surface area contributed by atoms with Crippen LogP contribution in [0.15, 0.2) is 72.1 Å². The minimum absolute atomic E-state index is 0.206. The van der Waals surface area contributed by atoms with Crippen LogP contribution in [0.25, 0.3) is 10.6 Å². The number of para-hydroxylation sites is 2. The molecule has 5 rings (SSSR count). The number of methoxy groups -OCH3 is 1. The van der Waals surface area contributed by atoms with E-state index in [-0.39, 0.29) is 18.4 Å². The number of carbonyl (C=O) groups excluding carboxylic acids is 2. The van der Waals surface area contributed by atoms with Crippen LogP contribution in [-0.4, -0.2) is 34.2 Å². The fraction of sp³-hybridized carbons (Fsp3) is 0.222. The van der Waals surface area contributed by atoms with E-state index in [9.17, 15) is 9.59 Å². The van der Waals surface area contributed by atoms with Gasteiger partial charge in [-0.25, -0.2) is 0 Å². The molecular formula is C27H26N4O3S. The third kappa shape index (κ3) is 4.10. The van der Waals surface area contributed by atoms with Crippen LogP contribution < -0.4 is 15.0 Å². The van der Waals surface area contributed by atoms with Gasteiger partial charge in [0.1, 0.15) is 22.7 Å². The summed E-state index contributed by atoms with van der Waals surface area (Å²) < 4.78 is 7.21. The second kappa shape index (κ2) is 9.03. The van der Waals surface area contributed by atoms with Gasteiger partial charge in [0.2, 0.25) is 5.91 Å². The summed E-state index contributed by atoms with van der Waals surface area (Å²) in [7, 11) is 1.56. The first-order valence-corrected chi connectivity index (χ1v) is 12.2. The van der Waals surface area contributed by atoms with Crippen molar-refractivity contribution < 1.29 is 14.3 Å². The summed E-state index contributed by atoms with van der Waals surface area (Å²) in [4.78, 5) is 30.2. The fourth-order valence-electron chi connectivity index (χ4n) is 4.40. The Kier molecular flexibility index (Phi) is 5.90. The Hall–Kier alpha value is -3.91. The number of ether oxygens (including phenoxy) is 1. The predicted molar refractivity (Wildman–Crippen MR) is 137 cm³/mol. The van der Waals surface area contributed by atoms with E-state index in [4.69, 9.17) is 4.74 Å². The number of hydrogen-bond donors (Lipinski definition) is 1. The number of nitrogens with zero attached hydrogens (tertiary/aromatic N) is 3. The second-order valence-electron chi connectivity index (χ2n) is 8.80. The lowest BCUT2D eigenvalue weighted by Gasteiger charge is -2.43. The molecule has 4 aromatic rings. The van der Waals surface area contributed by atoms with Crippen LogP contribution in [-0.2, 0) is 17.9 Å². The molecule has 0 unspecified atom stereocenters. The van der Waals surface area contributed by atoms with Gasteiger partial charge < -0.3 is 10.1 Å². The predicted octanol–water partition coefficient (Wildman–Crippen LogP) is 4.66. The minimum atomic E-state index is -1.23. The first-order valence-electron chi connectivity index (χ1n) is 11.3. The van der Waals surface area contributed by atoms with E-state index in [1.165, 1.54) is 0 Å². The Bertz CT molecular complexity index is 1380. The van der Waals surface area contributed by atoms with Gasteiger partial charge in [0.25, 0.3) is 5.91 Å². The van der Waals surface area contributed by atoms with Crippen LogP contribution in [0.5, 0.6) is 5.75 Å². The molecule has 1 atom stereocenters. The van der Waals surface area contributed by atoms with E-state index in [1.54, 1.807) is 53.2 Å². The summed E-state index contributed by atoms with van der Waals surface area (Å²) >= 11 is 1.56. The molecule has 2 amide bonds. The molecule has 0 fully saturated rings. The van der Waals surface area contributed by atoms with Crippen molar-refractivity contribution >= 4 is 28.8 Å². The van der Waals surface area contributed by atoms with Crippen LogP contribution in [0, 0.1) is 6.92 Å². The van der Waals surface area contributed by atoms with Gasteiger partial charge in [-0.15, -0.1) is 11.3 Å². The normalized spacial score (nSPS) is 17.2. The van der Waals surface area contributed by atoms with Crippen molar-refractivity contribution in [2.45, 2.75) is 32.5 Å². The molecule has 0 saturated carbocycles. The summed E-state index contributed by atoms with van der Waals surface area (Å²) in [5.74, 6) is -0.0509. The van der Waals surface area contributed by atoms with E-state index in [0.29, 0.717) is 29.4 Å². The highest BCUT2D eigenvalue weighted by atomic mass is 32.1. The SMILES string of the molecule is COc1ccccc1N1C(=O)c2cc(-c3cccs3)nn2C[C@]1(C)C(=O)NCc1ccc(C)cc1. The monoisotopic (exact) mass is 486 g/mol. The summed E-state index contributed by atoms with van der Waals surface area (Å²) in [5, 5.41) is 9.70. The number of thiophene rings is 1. The van der Waals surface area contributed by atoms with Crippen molar-refractivity contribution in [2.75, 3.05) is 12.0 Å². The second-order valence-corrected chi connectivity index (χ2v) is 9.75. The van der Waals surface area contributed by atoms with Gasteiger partial charge >= 0.3 is 0 Å². The number of anilines is 1. The van der Waals surface area contributed by atoms with Crippen molar-refractivity contribution in [3.63, 3.8) is 0 Å². The molecule has 7 nitrogen and oxygen atoms in total. The molecule has 0 spiro atoms. The molecule has 1 N–H and O–H groups in total. The van der Waals surface area contributed by atoms with E-state index in [0.717, 1.165) is 16.0 Å². The average molecular weight is 487 g/mol. The van der Waals surface area contributed by atoms with Gasteiger partial charge in [-0.3, -0.25) is 19.2 Å². The lowest BCUT2D eigenvalue weighted by molar-refractivity contribution is -0.126. The Labute approximate surface area is 208 Å². The third-order valence-corrected chi connectivity index (χ3v) is 7.21. The van der Waals surface area contributed by atoms with Gasteiger partial charge in [0, 0.05) is 6.54 Å². The van der Waals surface area contributed by atoms with Crippen molar-refractivity contribution in [1.82, 2.24) is 15.1 Å². The van der Waals surface area contributed by atoms with Crippen molar-refractivity contribution in [3.05, 3.63) is 88.9 Å². The van der Waals surface area contributed by atoms with Crippen LogP contribution in [0.2, 0.25) is 0 Å². The number of aryl methyl sites for hydroxylation is 1. The Morgan fingerprint density at radius 3 is 2.63 bits per heavy atom. The zero-order valence-electron chi connectivity index (χ0n) is 19.8. The van der Waals surface area contributed by atoms with Crippen molar-refractivity contribution in [1.29, 1.82) is 0 Å². The molecule has 3 heterocycles. The van der Waals surface area contributed by atoms with E-state index >= 15 is 0 Å². The molecule has 2 aromatic carbocycles. The summed E-state index contributed by atoms with van der Waals surface area (Å²) in [6.07, 6.45) is 0. The molecule has 178 valence electrons. The third-order valence-electron chi connectivity index (χ3n) is 6.32. The van der Waals surface area contributed by atoms with Gasteiger partial charge in [-0.1, -0.05) is 48.0 Å². The van der Waals surface area contributed by atoms with Gasteiger partial charge in [0.15, 0.2) is 0 Å². The smallest absolute Gasteiger partial charge is 0.277 e. The highest BCUT2D eigenvalue weighted by Gasteiger charge is 2.49. The Morgan fingerprint density at radius 1 is 1.14 bits per heavy atom. The Morgan fingerprint density at radius 2 is 1.91 bits per heavy atom. The van der Waals surface area contributed by atoms with Crippen molar-refractivity contribution in [3.8, 4) is 16.3 Å². The molecule has 0 aliphatic carbocycles. The molecule has 2 aromatic heterocycles. The lowest BCUT2D eigenvalue weighted by atomic mass is 9.93. The van der Waals surface area contributed by atoms with Crippen LogP contribution in [0.1, 0.15) is 28.5 Å². The fourth-order valence-corrected chi connectivity index (χ4v) is 5.08. The number of rotatable bonds is 6. The number of benzene rings is 2. The standard InChI is InChI=1S/C27H26N4O3S/c1-18-10-12-19(13-11-18)16-28-26(33)27(2)17-30-22(15-20(29-30)24-9-6-14-35-24)25(32)31(27)21-7-4-5-8-23(21)34-3/h4-15H,16-17H2,1-3H3,(H,28,33)/t27-/m1/s1. The number of amides is 2. The quantitative estimate of drug-likeness (QED) is 0.430. The van der Waals surface area contributed by atoms with Crippen LogP contribution in [0.3, 0.4) is 0 Å². The number of aromatic nitrogens is 2. The summed E-state index contributed by atoms with van der Waals surface area (Å²) in [6.45, 7) is 4.36. The zero-order chi connectivity index (χ0) is 24.6. The van der Waals surface area contributed by atoms with Gasteiger partial charge in [-0.2, -0.15) is 5.10 Å². The summed E-state index contributed by atoms with van der Waals surface area (Å²) in [5.41, 5.74) is 2.59. The number of fused-ring (bicyclic) bond motifs is 1. The average Bonchev–Trinajstić information content (AvgIpc) is 3.54. The maximum Gasteiger partial charge on any atom is 0.277 e. The maximum absolute atomic E-state index is 13.9. The number of hydrogen-bond acceptors (Lipinski definition) is 5. The van der Waals surface area contributed by atoms with Gasteiger partial charge in [-0.05, 0) is 49.1 Å². The van der Waals surface area contributed by atoms with E-state index in [2.05, 4.69) is 10.4 Å². The largest absolute Gasteiger partial charge is 0.495 e. The van der Waals surface area contributed by atoms with E-state index in [1.807, 2.05) is 60.8 Å². The highest BCUT2D eigenvalue weighted by molar-refractivity contribution is 7.13. The molecule has 0 radical (unpaired) electrons. The molecular weight excluding hydrogens is 460 g/mol. The van der Waals surface area contributed by atoms with Crippen LogP contribution >= 0.6 is 11.3 Å². The topological polar surface area (TPSA) is 76.5 Å². The number of carbonyl (C=O) groups is 2. The summed E-state index contributed by atoms with van der Waals surface area (Å²) in [6, 6.07) is 21.0. The molecule has 1 aliphatic rings. The first-order chi connectivity index (χ1) is 16.9. The molecule has 0 saturated heterocycles. The van der Waals surface area contributed by atoms with Gasteiger partial charge in [0.05, 0.1) is 24.2 Å². The maximum atomic E-state index is 13.9. The van der Waals surface area contributed by atoms with Crippen LogP contribution in [0.4, 0.5) is 5.69 Å². The molecule has 1 aliphatic heterocycles. The number of nitrogens with one attached hydrogen (secondary N) is 1. The molecule has 35 heavy (non-hydrogen) atoms. The Balaban J connectivity index is 1.55. The minimum Gasteiger partial charge on any atom is -0.495 e. The highest BCUT2D eigenvalue weighted by Crippen LogP contribution is 2.39.